The number of halogens is 7. The molecule has 0 aliphatic heterocycles. The van der Waals surface area contributed by atoms with Crippen molar-refractivity contribution in [2.24, 2.45) is 0 Å². The van der Waals surface area contributed by atoms with Crippen LogP contribution in [0.2, 0.25) is 0 Å². The van der Waals surface area contributed by atoms with Gasteiger partial charge in [-0.05, 0) is 36.4 Å². The van der Waals surface area contributed by atoms with Crippen molar-refractivity contribution >= 4 is 0 Å². The van der Waals surface area contributed by atoms with Gasteiger partial charge in [-0.1, -0.05) is 5.21 Å². The van der Waals surface area contributed by atoms with Gasteiger partial charge in [-0.15, -0.1) is 5.10 Å². The quantitative estimate of drug-likeness (QED) is 0.619. The molecule has 11 heteroatoms. The number of rotatable bonds is 2. The summed E-state index contributed by atoms with van der Waals surface area (Å²) >= 11 is 0. The number of aromatic nitrogens is 4. The molecular weight excluding hydrogens is 369 g/mol. The van der Waals surface area contributed by atoms with E-state index in [0.29, 0.717) is 6.07 Å². The van der Waals surface area contributed by atoms with Crippen molar-refractivity contribution < 1.29 is 30.7 Å². The average Bonchev–Trinajstić information content (AvgIpc) is 3.03. The van der Waals surface area contributed by atoms with E-state index in [2.05, 4.69) is 15.3 Å². The molecule has 0 radical (unpaired) electrons. The van der Waals surface area contributed by atoms with E-state index in [1.165, 1.54) is 12.1 Å². The average molecular weight is 376 g/mol. The lowest BCUT2D eigenvalue weighted by atomic mass is 10.1. The molecule has 2 aromatic heterocycles. The maximum absolute atomic E-state index is 13.0. The fourth-order valence-electron chi connectivity index (χ4n) is 2.16. The first-order valence-electron chi connectivity index (χ1n) is 6.89. The first kappa shape index (κ1) is 17.8. The Labute approximate surface area is 140 Å². The number of benzene rings is 1. The zero-order chi connectivity index (χ0) is 19.1. The molecule has 0 amide bonds. The van der Waals surface area contributed by atoms with Crippen LogP contribution in [0.4, 0.5) is 30.7 Å². The van der Waals surface area contributed by atoms with Crippen molar-refractivity contribution in [2.75, 3.05) is 0 Å². The van der Waals surface area contributed by atoms with Crippen LogP contribution < -0.4 is 0 Å². The van der Waals surface area contributed by atoms with Crippen molar-refractivity contribution in [3.63, 3.8) is 0 Å². The minimum atomic E-state index is -5.09. The van der Waals surface area contributed by atoms with E-state index in [1.54, 1.807) is 0 Å². The predicted octanol–water partition coefficient (Wildman–Crippen LogP) is 4.51. The Kier molecular flexibility index (Phi) is 4.17. The van der Waals surface area contributed by atoms with Gasteiger partial charge in [-0.25, -0.2) is 9.37 Å². The smallest absolute Gasteiger partial charge is 0.224 e. The Balaban J connectivity index is 2.19. The minimum absolute atomic E-state index is 0.0462. The third-order valence-corrected chi connectivity index (χ3v) is 3.34. The van der Waals surface area contributed by atoms with E-state index in [9.17, 15) is 30.7 Å². The van der Waals surface area contributed by atoms with Crippen LogP contribution in [0.15, 0.2) is 42.6 Å². The molecule has 0 atom stereocenters. The van der Waals surface area contributed by atoms with Crippen LogP contribution in [-0.2, 0) is 12.4 Å². The minimum Gasteiger partial charge on any atom is -0.224 e. The number of alkyl halides is 6. The third-order valence-electron chi connectivity index (χ3n) is 3.34. The summed E-state index contributed by atoms with van der Waals surface area (Å²) in [4.78, 5) is 3.23. The Morgan fingerprint density at radius 3 is 2.08 bits per heavy atom. The molecule has 3 aromatic rings. The molecule has 4 nitrogen and oxygen atoms in total. The van der Waals surface area contributed by atoms with E-state index in [1.807, 2.05) is 0 Å². The number of nitrogens with zero attached hydrogens (tertiary/aromatic N) is 4. The summed E-state index contributed by atoms with van der Waals surface area (Å²) in [7, 11) is 0. The van der Waals surface area contributed by atoms with Crippen LogP contribution in [0.5, 0.6) is 0 Å². The molecule has 0 N–H and O–H groups in total. The third kappa shape index (κ3) is 3.51. The number of hydrogen-bond acceptors (Lipinski definition) is 3. The first-order valence-corrected chi connectivity index (χ1v) is 6.89. The van der Waals surface area contributed by atoms with Crippen molar-refractivity contribution in [1.82, 2.24) is 20.0 Å². The standard InChI is InChI=1S/C15H7F7N4/c16-10-3-1-8(2-4-10)11-7-23-25-26(11)13-6-9(14(17,18)19)5-12(24-13)15(20,21)22/h1-7H. The highest BCUT2D eigenvalue weighted by molar-refractivity contribution is 5.60. The van der Waals surface area contributed by atoms with E-state index in [-0.39, 0.29) is 17.3 Å². The summed E-state index contributed by atoms with van der Waals surface area (Å²) in [6.07, 6.45) is -9.00. The van der Waals surface area contributed by atoms with Gasteiger partial charge in [-0.2, -0.15) is 31.0 Å². The topological polar surface area (TPSA) is 43.6 Å². The lowest BCUT2D eigenvalue weighted by Gasteiger charge is -2.14. The SMILES string of the molecule is Fc1ccc(-c2cnnn2-c2cc(C(F)(F)F)cc(C(F)(F)F)n2)cc1. The molecule has 0 bridgehead atoms. The molecule has 0 aliphatic rings. The Morgan fingerprint density at radius 2 is 1.50 bits per heavy atom. The normalized spacial score (nSPS) is 12.4. The summed E-state index contributed by atoms with van der Waals surface area (Å²) in [5.41, 5.74) is -2.92. The summed E-state index contributed by atoms with van der Waals surface area (Å²) in [6.45, 7) is 0. The molecule has 2 heterocycles. The molecule has 3 rings (SSSR count). The van der Waals surface area contributed by atoms with E-state index in [4.69, 9.17) is 0 Å². The molecule has 0 spiro atoms. The van der Waals surface area contributed by atoms with Gasteiger partial charge in [0.2, 0.25) is 0 Å². The van der Waals surface area contributed by atoms with Gasteiger partial charge in [0.15, 0.2) is 5.82 Å². The summed E-state index contributed by atoms with van der Waals surface area (Å²) < 4.78 is 91.4. The van der Waals surface area contributed by atoms with Crippen molar-refractivity contribution in [2.45, 2.75) is 12.4 Å². The van der Waals surface area contributed by atoms with Crippen LogP contribution in [0, 0.1) is 5.82 Å². The molecule has 0 unspecified atom stereocenters. The first-order chi connectivity index (χ1) is 12.1. The van der Waals surface area contributed by atoms with Gasteiger partial charge in [-0.3, -0.25) is 0 Å². The largest absolute Gasteiger partial charge is 0.433 e. The van der Waals surface area contributed by atoms with Crippen LogP contribution in [0.1, 0.15) is 11.3 Å². The summed E-state index contributed by atoms with van der Waals surface area (Å²) in [5.74, 6) is -1.28. The molecule has 1 aromatic carbocycles. The maximum atomic E-state index is 13.0. The lowest BCUT2D eigenvalue weighted by Crippen LogP contribution is -2.16. The highest BCUT2D eigenvalue weighted by Crippen LogP contribution is 2.36. The van der Waals surface area contributed by atoms with Crippen LogP contribution in [-0.4, -0.2) is 20.0 Å². The van der Waals surface area contributed by atoms with Crippen molar-refractivity contribution in [3.8, 4) is 17.1 Å². The van der Waals surface area contributed by atoms with Crippen molar-refractivity contribution in [1.29, 1.82) is 0 Å². The number of pyridine rings is 1. The highest BCUT2D eigenvalue weighted by Gasteiger charge is 2.38. The second-order valence-electron chi connectivity index (χ2n) is 5.13. The van der Waals surface area contributed by atoms with Gasteiger partial charge >= 0.3 is 12.4 Å². The molecule has 0 saturated carbocycles. The molecule has 26 heavy (non-hydrogen) atoms. The monoisotopic (exact) mass is 376 g/mol. The lowest BCUT2D eigenvalue weighted by molar-refractivity contribution is -0.145. The van der Waals surface area contributed by atoms with Gasteiger partial charge < -0.3 is 0 Å². The maximum Gasteiger partial charge on any atom is 0.433 e. The second kappa shape index (κ2) is 6.07. The Morgan fingerprint density at radius 1 is 0.846 bits per heavy atom. The predicted molar refractivity (Wildman–Crippen MR) is 74.6 cm³/mol. The molecule has 0 aliphatic carbocycles. The van der Waals surface area contributed by atoms with Gasteiger partial charge in [0.1, 0.15) is 11.5 Å². The van der Waals surface area contributed by atoms with Crippen LogP contribution in [0.25, 0.3) is 17.1 Å². The molecule has 0 fully saturated rings. The fourth-order valence-corrected chi connectivity index (χ4v) is 2.16. The molecule has 0 saturated heterocycles. The van der Waals surface area contributed by atoms with E-state index < -0.39 is 35.2 Å². The van der Waals surface area contributed by atoms with Crippen molar-refractivity contribution in [3.05, 3.63) is 59.7 Å². The van der Waals surface area contributed by atoms with E-state index >= 15 is 0 Å². The fraction of sp³-hybridized carbons (Fsp3) is 0.133. The Bertz CT molecular complexity index is 894. The van der Waals surface area contributed by atoms with Gasteiger partial charge in [0, 0.05) is 5.56 Å². The molecular formula is C15H7F7N4. The number of hydrogen-bond donors (Lipinski definition) is 0. The summed E-state index contributed by atoms with van der Waals surface area (Å²) in [5, 5.41) is 7.01. The Hall–Kier alpha value is -2.98. The van der Waals surface area contributed by atoms with Gasteiger partial charge in [0.25, 0.3) is 0 Å². The molecule has 136 valence electrons. The van der Waals surface area contributed by atoms with Crippen LogP contribution in [0.3, 0.4) is 0 Å². The van der Waals surface area contributed by atoms with E-state index in [0.717, 1.165) is 23.0 Å². The highest BCUT2D eigenvalue weighted by atomic mass is 19.4. The zero-order valence-corrected chi connectivity index (χ0v) is 12.5. The summed E-state index contributed by atoms with van der Waals surface area (Å²) in [6, 6.07) is 5.06. The second-order valence-corrected chi connectivity index (χ2v) is 5.13. The zero-order valence-electron chi connectivity index (χ0n) is 12.5. The van der Waals surface area contributed by atoms with Gasteiger partial charge in [0.05, 0.1) is 17.5 Å². The van der Waals surface area contributed by atoms with Crippen LogP contribution >= 0.6 is 0 Å².